The molecule has 1 N–H and O–H groups in total. The van der Waals surface area contributed by atoms with Crippen molar-refractivity contribution in [2.24, 2.45) is 0 Å². The molecule has 2 rings (SSSR count). The Morgan fingerprint density at radius 2 is 1.90 bits per heavy atom. The van der Waals surface area contributed by atoms with Gasteiger partial charge in [0.25, 0.3) is 0 Å². The molecule has 0 aliphatic heterocycles. The highest BCUT2D eigenvalue weighted by Gasteiger charge is 2.09. The van der Waals surface area contributed by atoms with Crippen LogP contribution in [0, 0.1) is 0 Å². The van der Waals surface area contributed by atoms with Gasteiger partial charge >= 0.3 is 0 Å². The van der Waals surface area contributed by atoms with Crippen molar-refractivity contribution < 1.29 is 4.79 Å². The van der Waals surface area contributed by atoms with Crippen molar-refractivity contribution in [1.29, 1.82) is 0 Å². The largest absolute Gasteiger partial charge is 0.350 e. The zero-order chi connectivity index (χ0) is 14.4. The minimum Gasteiger partial charge on any atom is -0.350 e. The topological polar surface area (TPSA) is 29.1 Å². The molecule has 0 aliphatic rings. The van der Waals surface area contributed by atoms with Gasteiger partial charge in [0.15, 0.2) is 0 Å². The molecule has 1 amide bonds. The lowest BCUT2D eigenvalue weighted by molar-refractivity contribution is -0.121. The van der Waals surface area contributed by atoms with Crippen molar-refractivity contribution >= 4 is 17.5 Å². The van der Waals surface area contributed by atoms with Crippen LogP contribution < -0.4 is 5.32 Å². The normalized spacial score (nSPS) is 11.9. The molecule has 0 unspecified atom stereocenters. The minimum absolute atomic E-state index is 0.0306. The lowest BCUT2D eigenvalue weighted by Crippen LogP contribution is -2.26. The molecule has 0 radical (unpaired) electrons. The molecule has 2 nitrogen and oxygen atoms in total. The minimum atomic E-state index is -0.0306. The average Bonchev–Trinajstić information content (AvgIpc) is 2.46. The predicted octanol–water partition coefficient (Wildman–Crippen LogP) is 4.15. The zero-order valence-corrected chi connectivity index (χ0v) is 12.2. The van der Waals surface area contributed by atoms with Crippen LogP contribution in [0.5, 0.6) is 0 Å². The Labute approximate surface area is 124 Å². The van der Waals surface area contributed by atoms with Crippen molar-refractivity contribution in [2.45, 2.75) is 25.8 Å². The molecule has 0 fully saturated rings. The standard InChI is InChI=1S/C17H18ClNO/c1-13(15-8-5-9-16(18)12-15)19-17(20)11-10-14-6-3-2-4-7-14/h2-9,12-13H,10-11H2,1H3,(H,19,20)/t13-/m1/s1. The number of carbonyl (C=O) groups is 1. The monoisotopic (exact) mass is 287 g/mol. The van der Waals surface area contributed by atoms with Crippen LogP contribution in [0.3, 0.4) is 0 Å². The van der Waals surface area contributed by atoms with Gasteiger partial charge in [0.2, 0.25) is 5.91 Å². The molecule has 0 bridgehead atoms. The fourth-order valence-electron chi connectivity index (χ4n) is 2.08. The van der Waals surface area contributed by atoms with E-state index in [0.717, 1.165) is 12.0 Å². The number of benzene rings is 2. The van der Waals surface area contributed by atoms with E-state index in [1.165, 1.54) is 5.56 Å². The number of aryl methyl sites for hydroxylation is 1. The van der Waals surface area contributed by atoms with E-state index in [0.29, 0.717) is 11.4 Å². The summed E-state index contributed by atoms with van der Waals surface area (Å²) in [7, 11) is 0. The molecule has 0 aromatic heterocycles. The third-order valence-corrected chi connectivity index (χ3v) is 3.44. The zero-order valence-electron chi connectivity index (χ0n) is 11.5. The van der Waals surface area contributed by atoms with Gasteiger partial charge in [-0.15, -0.1) is 0 Å². The first-order valence-electron chi connectivity index (χ1n) is 6.74. The molecular weight excluding hydrogens is 270 g/mol. The molecular formula is C17H18ClNO. The number of nitrogens with one attached hydrogen (secondary N) is 1. The lowest BCUT2D eigenvalue weighted by atomic mass is 10.1. The Balaban J connectivity index is 1.85. The van der Waals surface area contributed by atoms with Crippen LogP contribution in [-0.2, 0) is 11.2 Å². The smallest absolute Gasteiger partial charge is 0.220 e. The molecule has 20 heavy (non-hydrogen) atoms. The maximum absolute atomic E-state index is 11.9. The quantitative estimate of drug-likeness (QED) is 0.879. The molecule has 0 aliphatic carbocycles. The molecule has 0 saturated heterocycles. The van der Waals surface area contributed by atoms with Gasteiger partial charge in [-0.05, 0) is 36.6 Å². The van der Waals surface area contributed by atoms with Gasteiger partial charge in [0, 0.05) is 11.4 Å². The number of carbonyl (C=O) groups excluding carboxylic acids is 1. The molecule has 0 saturated carbocycles. The maximum Gasteiger partial charge on any atom is 0.220 e. The Morgan fingerprint density at radius 3 is 2.60 bits per heavy atom. The van der Waals surface area contributed by atoms with E-state index in [9.17, 15) is 4.79 Å². The average molecular weight is 288 g/mol. The van der Waals surface area contributed by atoms with Gasteiger partial charge < -0.3 is 5.32 Å². The van der Waals surface area contributed by atoms with Crippen LogP contribution in [0.4, 0.5) is 0 Å². The molecule has 0 spiro atoms. The number of halogens is 1. The van der Waals surface area contributed by atoms with Crippen molar-refractivity contribution in [3.8, 4) is 0 Å². The van der Waals surface area contributed by atoms with Gasteiger partial charge in [-0.2, -0.15) is 0 Å². The highest BCUT2D eigenvalue weighted by Crippen LogP contribution is 2.17. The molecule has 1 atom stereocenters. The van der Waals surface area contributed by atoms with E-state index in [1.54, 1.807) is 0 Å². The van der Waals surface area contributed by atoms with E-state index < -0.39 is 0 Å². The maximum atomic E-state index is 11.9. The third kappa shape index (κ3) is 4.39. The third-order valence-electron chi connectivity index (χ3n) is 3.21. The molecule has 104 valence electrons. The summed E-state index contributed by atoms with van der Waals surface area (Å²) >= 11 is 5.95. The van der Waals surface area contributed by atoms with Crippen LogP contribution >= 0.6 is 11.6 Å². The van der Waals surface area contributed by atoms with E-state index in [4.69, 9.17) is 11.6 Å². The Morgan fingerprint density at radius 1 is 1.15 bits per heavy atom. The van der Waals surface area contributed by atoms with Crippen LogP contribution in [0.2, 0.25) is 5.02 Å². The second-order valence-corrected chi connectivity index (χ2v) is 5.27. The predicted molar refractivity (Wildman–Crippen MR) is 82.8 cm³/mol. The summed E-state index contributed by atoms with van der Waals surface area (Å²) in [6.07, 6.45) is 1.25. The summed E-state index contributed by atoms with van der Waals surface area (Å²) in [5.74, 6) is 0.0568. The van der Waals surface area contributed by atoms with Crippen LogP contribution in [-0.4, -0.2) is 5.91 Å². The highest BCUT2D eigenvalue weighted by atomic mass is 35.5. The number of hydrogen-bond donors (Lipinski definition) is 1. The second kappa shape index (κ2) is 7.11. The lowest BCUT2D eigenvalue weighted by Gasteiger charge is -2.14. The van der Waals surface area contributed by atoms with Gasteiger partial charge in [0.1, 0.15) is 0 Å². The Hall–Kier alpha value is -1.80. The van der Waals surface area contributed by atoms with Gasteiger partial charge in [-0.3, -0.25) is 4.79 Å². The first-order chi connectivity index (χ1) is 9.65. The van der Waals surface area contributed by atoms with Gasteiger partial charge in [-0.25, -0.2) is 0 Å². The fraction of sp³-hybridized carbons (Fsp3) is 0.235. The van der Waals surface area contributed by atoms with Gasteiger partial charge in [0.05, 0.1) is 6.04 Å². The van der Waals surface area contributed by atoms with Crippen LogP contribution in [0.1, 0.15) is 30.5 Å². The van der Waals surface area contributed by atoms with E-state index >= 15 is 0 Å². The van der Waals surface area contributed by atoms with E-state index in [1.807, 2.05) is 61.5 Å². The first-order valence-corrected chi connectivity index (χ1v) is 7.11. The summed E-state index contributed by atoms with van der Waals surface area (Å²) in [5.41, 5.74) is 2.20. The molecule has 0 heterocycles. The Bertz CT molecular complexity index is 568. The van der Waals surface area contributed by atoms with Gasteiger partial charge in [-0.1, -0.05) is 54.1 Å². The molecule has 2 aromatic carbocycles. The van der Waals surface area contributed by atoms with Crippen molar-refractivity contribution in [1.82, 2.24) is 5.32 Å². The second-order valence-electron chi connectivity index (χ2n) is 4.83. The highest BCUT2D eigenvalue weighted by molar-refractivity contribution is 6.30. The van der Waals surface area contributed by atoms with Crippen LogP contribution in [0.15, 0.2) is 54.6 Å². The van der Waals surface area contributed by atoms with E-state index in [2.05, 4.69) is 5.32 Å². The molecule has 3 heteroatoms. The fourth-order valence-corrected chi connectivity index (χ4v) is 2.27. The Kier molecular flexibility index (Phi) is 5.19. The summed E-state index contributed by atoms with van der Waals surface area (Å²) in [5, 5.41) is 3.68. The van der Waals surface area contributed by atoms with Crippen molar-refractivity contribution in [3.63, 3.8) is 0 Å². The number of rotatable bonds is 5. The number of amides is 1. The first kappa shape index (κ1) is 14.6. The van der Waals surface area contributed by atoms with Crippen molar-refractivity contribution in [3.05, 3.63) is 70.7 Å². The van der Waals surface area contributed by atoms with Crippen molar-refractivity contribution in [2.75, 3.05) is 0 Å². The van der Waals surface area contributed by atoms with E-state index in [-0.39, 0.29) is 11.9 Å². The SMILES string of the molecule is C[C@@H](NC(=O)CCc1ccccc1)c1cccc(Cl)c1. The number of hydrogen-bond acceptors (Lipinski definition) is 1. The summed E-state index contributed by atoms with van der Waals surface area (Å²) in [4.78, 5) is 11.9. The summed E-state index contributed by atoms with van der Waals surface area (Å²) < 4.78 is 0. The summed E-state index contributed by atoms with van der Waals surface area (Å²) in [6, 6.07) is 17.6. The molecule has 2 aromatic rings. The van der Waals surface area contributed by atoms with Crippen LogP contribution in [0.25, 0.3) is 0 Å². The summed E-state index contributed by atoms with van der Waals surface area (Å²) in [6.45, 7) is 1.96.